The Morgan fingerprint density at radius 2 is 1.90 bits per heavy atom. The number of carboxylic acids is 1. The van der Waals surface area contributed by atoms with E-state index < -0.39 is 5.97 Å². The van der Waals surface area contributed by atoms with Gasteiger partial charge in [0.2, 0.25) is 0 Å². The van der Waals surface area contributed by atoms with Gasteiger partial charge in [-0.3, -0.25) is 4.79 Å². The summed E-state index contributed by atoms with van der Waals surface area (Å²) >= 11 is 0. The van der Waals surface area contributed by atoms with Crippen LogP contribution in [0.15, 0.2) is 0 Å². The van der Waals surface area contributed by atoms with Crippen LogP contribution >= 0.6 is 0 Å². The van der Waals surface area contributed by atoms with Crippen LogP contribution in [0.2, 0.25) is 0 Å². The van der Waals surface area contributed by atoms with Crippen molar-refractivity contribution in [2.24, 2.45) is 5.73 Å². The monoisotopic (exact) mass is 147 g/mol. The minimum atomic E-state index is -0.773. The third-order valence-corrected chi connectivity index (χ3v) is 0.595. The molecule has 10 heavy (non-hydrogen) atoms. The fourth-order valence-electron chi connectivity index (χ4n) is 0.253. The van der Waals surface area contributed by atoms with Gasteiger partial charge < -0.3 is 10.8 Å². The lowest BCUT2D eigenvalue weighted by Crippen LogP contribution is -2.02. The van der Waals surface area contributed by atoms with E-state index in [1.165, 1.54) is 0 Å². The Morgan fingerprint density at radius 3 is 2.00 bits per heavy atom. The summed E-state index contributed by atoms with van der Waals surface area (Å²) in [7, 11) is 0. The van der Waals surface area contributed by atoms with Crippen LogP contribution in [0.1, 0.15) is 12.8 Å². The maximum absolute atomic E-state index is 9.70. The van der Waals surface area contributed by atoms with E-state index >= 15 is 0 Å². The van der Waals surface area contributed by atoms with Crippen molar-refractivity contribution >= 4 is 12.1 Å². The van der Waals surface area contributed by atoms with Crippen molar-refractivity contribution in [2.75, 3.05) is 6.54 Å². The zero-order valence-electron chi connectivity index (χ0n) is 5.37. The highest BCUT2D eigenvalue weighted by molar-refractivity contribution is 5.66. The van der Waals surface area contributed by atoms with Gasteiger partial charge in [0.05, 0.1) is 0 Å². The summed E-state index contributed by atoms with van der Waals surface area (Å²) in [6, 6.07) is 0. The first kappa shape index (κ1) is 11.6. The molecule has 0 heterocycles. The van der Waals surface area contributed by atoms with Gasteiger partial charge >= 0.3 is 12.1 Å². The van der Waals surface area contributed by atoms with Gasteiger partial charge in [-0.05, 0) is 13.0 Å². The van der Waals surface area contributed by atoms with Gasteiger partial charge in [-0.2, -0.15) is 9.59 Å². The van der Waals surface area contributed by atoms with Crippen LogP contribution in [0.25, 0.3) is 0 Å². The smallest absolute Gasteiger partial charge is 0.373 e. The first-order valence-corrected chi connectivity index (χ1v) is 2.60. The summed E-state index contributed by atoms with van der Waals surface area (Å²) in [5, 5.41) is 7.99. The van der Waals surface area contributed by atoms with E-state index in [4.69, 9.17) is 20.4 Å². The maximum Gasteiger partial charge on any atom is 0.373 e. The lowest BCUT2D eigenvalue weighted by atomic mass is 10.3. The van der Waals surface area contributed by atoms with Crippen molar-refractivity contribution < 1.29 is 19.5 Å². The molecule has 0 aromatic carbocycles. The Morgan fingerprint density at radius 1 is 1.50 bits per heavy atom. The number of carboxylic acid groups (broad SMARTS) is 1. The molecule has 0 amide bonds. The van der Waals surface area contributed by atoms with Gasteiger partial charge in [0.15, 0.2) is 0 Å². The molecule has 0 bridgehead atoms. The molecule has 0 spiro atoms. The molecule has 0 rings (SSSR count). The molecule has 0 radical (unpaired) electrons. The Hall–Kier alpha value is -1.19. The molecular formula is C5H9NO4. The van der Waals surface area contributed by atoms with Crippen LogP contribution in [-0.4, -0.2) is 23.8 Å². The zero-order chi connectivity index (χ0) is 8.41. The summed E-state index contributed by atoms with van der Waals surface area (Å²) < 4.78 is 0. The van der Waals surface area contributed by atoms with Crippen molar-refractivity contribution in [2.45, 2.75) is 12.8 Å². The van der Waals surface area contributed by atoms with Crippen LogP contribution in [0.3, 0.4) is 0 Å². The molecule has 0 fully saturated rings. The third kappa shape index (κ3) is 29.1. The molecule has 3 N–H and O–H groups in total. The van der Waals surface area contributed by atoms with Crippen LogP contribution < -0.4 is 5.73 Å². The van der Waals surface area contributed by atoms with Gasteiger partial charge in [0, 0.05) is 6.42 Å². The SMILES string of the molecule is NCCCC(=O)O.O=C=O. The molecule has 0 aliphatic rings. The van der Waals surface area contributed by atoms with Crippen molar-refractivity contribution in [1.82, 2.24) is 0 Å². The molecule has 0 aliphatic heterocycles. The lowest BCUT2D eigenvalue weighted by Gasteiger charge is -1.86. The van der Waals surface area contributed by atoms with E-state index in [1.54, 1.807) is 0 Å². The molecule has 0 aliphatic carbocycles. The second-order valence-electron chi connectivity index (χ2n) is 1.37. The Kier molecular flexibility index (Phi) is 12.4. The van der Waals surface area contributed by atoms with E-state index in [-0.39, 0.29) is 12.6 Å². The van der Waals surface area contributed by atoms with E-state index in [9.17, 15) is 4.79 Å². The quantitative estimate of drug-likeness (QED) is 0.546. The summed E-state index contributed by atoms with van der Waals surface area (Å²) in [5.74, 6) is -0.773. The van der Waals surface area contributed by atoms with Gasteiger partial charge in [-0.25, -0.2) is 0 Å². The molecule has 0 saturated carbocycles. The largest absolute Gasteiger partial charge is 0.481 e. The van der Waals surface area contributed by atoms with Crippen LogP contribution in [0.4, 0.5) is 0 Å². The average molecular weight is 147 g/mol. The zero-order valence-corrected chi connectivity index (χ0v) is 5.37. The van der Waals surface area contributed by atoms with Crippen molar-refractivity contribution in [3.05, 3.63) is 0 Å². The molecule has 0 aromatic heterocycles. The minimum Gasteiger partial charge on any atom is -0.481 e. The van der Waals surface area contributed by atoms with Crippen LogP contribution in [0.5, 0.6) is 0 Å². The Balaban J connectivity index is 0. The molecule has 0 unspecified atom stereocenters. The first-order valence-electron chi connectivity index (χ1n) is 2.60. The number of carbonyl (C=O) groups is 1. The summed E-state index contributed by atoms with van der Waals surface area (Å²) in [4.78, 5) is 26.0. The van der Waals surface area contributed by atoms with Crippen molar-refractivity contribution in [3.63, 3.8) is 0 Å². The molecule has 0 aromatic rings. The molecule has 58 valence electrons. The number of aliphatic carboxylic acids is 1. The molecule has 5 heteroatoms. The third-order valence-electron chi connectivity index (χ3n) is 0.595. The maximum atomic E-state index is 9.70. The highest BCUT2D eigenvalue weighted by Crippen LogP contribution is 1.82. The van der Waals surface area contributed by atoms with Crippen molar-refractivity contribution in [3.8, 4) is 0 Å². The van der Waals surface area contributed by atoms with Gasteiger partial charge in [0.1, 0.15) is 0 Å². The predicted molar refractivity (Wildman–Crippen MR) is 30.9 cm³/mol. The average Bonchev–Trinajstić information content (AvgIpc) is 1.85. The number of rotatable bonds is 3. The first-order chi connectivity index (χ1) is 4.68. The molecular weight excluding hydrogens is 138 g/mol. The summed E-state index contributed by atoms with van der Waals surface area (Å²) in [5.41, 5.74) is 5.01. The highest BCUT2D eigenvalue weighted by atomic mass is 16.4. The predicted octanol–water partition coefficient (Wildman–Crippen LogP) is -0.774. The van der Waals surface area contributed by atoms with E-state index in [1.807, 2.05) is 0 Å². The fraction of sp³-hybridized carbons (Fsp3) is 0.600. The number of hydrogen-bond acceptors (Lipinski definition) is 4. The number of nitrogens with two attached hydrogens (primary N) is 1. The Labute approximate surface area is 57.8 Å². The molecule has 0 atom stereocenters. The van der Waals surface area contributed by atoms with Gasteiger partial charge in [-0.1, -0.05) is 0 Å². The lowest BCUT2D eigenvalue weighted by molar-refractivity contribution is -0.191. The minimum absolute atomic E-state index is 0.191. The van der Waals surface area contributed by atoms with E-state index in [0.29, 0.717) is 13.0 Å². The van der Waals surface area contributed by atoms with Crippen LogP contribution in [0, 0.1) is 0 Å². The van der Waals surface area contributed by atoms with Crippen molar-refractivity contribution in [1.29, 1.82) is 0 Å². The second-order valence-corrected chi connectivity index (χ2v) is 1.37. The molecule has 5 nitrogen and oxygen atoms in total. The summed E-state index contributed by atoms with van der Waals surface area (Å²) in [6.45, 7) is 0.465. The number of hydrogen-bond donors (Lipinski definition) is 2. The van der Waals surface area contributed by atoms with Gasteiger partial charge in [0.25, 0.3) is 0 Å². The molecule has 0 saturated heterocycles. The normalized spacial score (nSPS) is 6.90. The fourth-order valence-corrected chi connectivity index (χ4v) is 0.253. The second kappa shape index (κ2) is 10.7. The summed E-state index contributed by atoms with van der Waals surface area (Å²) in [6.07, 6.45) is 1.02. The topological polar surface area (TPSA) is 97.5 Å². The van der Waals surface area contributed by atoms with Crippen LogP contribution in [-0.2, 0) is 14.4 Å². The van der Waals surface area contributed by atoms with E-state index in [2.05, 4.69) is 0 Å². The highest BCUT2D eigenvalue weighted by Gasteiger charge is 1.91. The number of carbonyl (C=O) groups excluding carboxylic acids is 2. The standard InChI is InChI=1S/C4H9NO2.CO2/c5-3-1-2-4(6)7;2-1-3/h1-3,5H2,(H,6,7);. The van der Waals surface area contributed by atoms with Gasteiger partial charge in [-0.15, -0.1) is 0 Å². The Bertz CT molecular complexity index is 117. The van der Waals surface area contributed by atoms with E-state index in [0.717, 1.165) is 0 Å².